The summed E-state index contributed by atoms with van der Waals surface area (Å²) in [7, 11) is 0. The van der Waals surface area contributed by atoms with Gasteiger partial charge in [-0.2, -0.15) is 0 Å². The fraction of sp³-hybridized carbons (Fsp3) is 0.237. The van der Waals surface area contributed by atoms with Crippen molar-refractivity contribution < 1.29 is 0 Å². The molecule has 122 heavy (non-hydrogen) atoms. The molecule has 1 fully saturated rings. The average molecular weight is 1920 g/mol. The Morgan fingerprint density at radius 1 is 0.221 bits per heavy atom. The molecule has 640 valence electrons. The molecule has 14 rings (SSSR count). The van der Waals surface area contributed by atoms with Crippen molar-refractivity contribution in [1.29, 1.82) is 0 Å². The van der Waals surface area contributed by atoms with E-state index in [1.54, 1.807) is 18.6 Å². The van der Waals surface area contributed by atoms with Crippen LogP contribution in [0.4, 0.5) is 0 Å². The molecule has 0 amide bonds. The number of pyridine rings is 4. The maximum Gasteiger partial charge on any atom is 0.0595 e. The van der Waals surface area contributed by atoms with Gasteiger partial charge in [0.05, 0.1) is 70.3 Å². The molecule has 0 radical (unpaired) electrons. The van der Waals surface area contributed by atoms with E-state index in [2.05, 4.69) is 99.6 Å². The van der Waals surface area contributed by atoms with Crippen LogP contribution >= 0.6 is 162 Å². The zero-order chi connectivity index (χ0) is 86.7. The SMILES string of the molecule is Clc1ccc(CNC2CCCCC2)cc1Cl.Clc1ccc(CNCCc2ccccc2)cc1Cl.Clc1ccc(CNCCc2ccccn2)cc1Cl.Clc1ccc(CNCCc2cccnc2)cc1Cl.Clc1ccc(CNCCc2ccncc2)cc1Cl.Clc1ccc(CNCc2ccccc2)cc1Cl.Clc1ccc(CNCc2ccncc2)cc1Cl. The third-order valence-electron chi connectivity index (χ3n) is 18.7. The van der Waals surface area contributed by atoms with Crippen molar-refractivity contribution in [2.75, 3.05) is 26.2 Å². The molecular formula is C97H99Cl14N11. The summed E-state index contributed by atoms with van der Waals surface area (Å²) >= 11 is 82.7. The van der Waals surface area contributed by atoms with Crippen LogP contribution < -0.4 is 37.2 Å². The molecule has 9 aromatic carbocycles. The highest BCUT2D eigenvalue weighted by Crippen LogP contribution is 2.29. The predicted octanol–water partition coefficient (Wildman–Crippen LogP) is 27.9. The van der Waals surface area contributed by atoms with Crippen LogP contribution in [0.2, 0.25) is 70.3 Å². The Morgan fingerprint density at radius 2 is 0.516 bits per heavy atom. The molecule has 1 saturated carbocycles. The molecule has 11 nitrogen and oxygen atoms in total. The second-order valence-corrected chi connectivity index (χ2v) is 33.9. The first-order valence-electron chi connectivity index (χ1n) is 40.0. The van der Waals surface area contributed by atoms with Crippen molar-refractivity contribution in [2.24, 2.45) is 0 Å². The van der Waals surface area contributed by atoms with Gasteiger partial charge in [-0.1, -0.05) is 297 Å². The van der Waals surface area contributed by atoms with E-state index in [0.29, 0.717) is 76.4 Å². The van der Waals surface area contributed by atoms with Crippen LogP contribution in [0, 0.1) is 0 Å². The summed E-state index contributed by atoms with van der Waals surface area (Å²) in [6.45, 7) is 10.9. The van der Waals surface area contributed by atoms with Crippen molar-refractivity contribution in [3.63, 3.8) is 0 Å². The van der Waals surface area contributed by atoms with Gasteiger partial charge in [0, 0.05) is 127 Å². The van der Waals surface area contributed by atoms with Gasteiger partial charge in [-0.15, -0.1) is 0 Å². The van der Waals surface area contributed by atoms with Crippen molar-refractivity contribution in [3.05, 3.63) is 429 Å². The molecule has 0 bridgehead atoms. The van der Waals surface area contributed by atoms with E-state index in [-0.39, 0.29) is 0 Å². The van der Waals surface area contributed by atoms with Gasteiger partial charge in [-0.3, -0.25) is 19.9 Å². The number of nitrogens with zero attached hydrogens (tertiary/aromatic N) is 4. The second kappa shape index (κ2) is 59.3. The Kier molecular flexibility index (Phi) is 49.0. The average Bonchev–Trinajstić information content (AvgIpc) is 0.920. The lowest BCUT2D eigenvalue weighted by Gasteiger charge is -2.22. The van der Waals surface area contributed by atoms with Crippen LogP contribution in [0.5, 0.6) is 0 Å². The minimum Gasteiger partial charge on any atom is -0.312 e. The van der Waals surface area contributed by atoms with Gasteiger partial charge in [-0.25, -0.2) is 0 Å². The highest BCUT2D eigenvalue weighted by Gasteiger charge is 2.13. The summed E-state index contributed by atoms with van der Waals surface area (Å²) in [5.41, 5.74) is 15.5. The van der Waals surface area contributed by atoms with Crippen LogP contribution in [-0.4, -0.2) is 52.2 Å². The molecule has 0 saturated heterocycles. The molecule has 4 aromatic heterocycles. The molecule has 0 atom stereocenters. The number of rotatable bonds is 31. The van der Waals surface area contributed by atoms with E-state index in [1.807, 2.05) is 225 Å². The predicted molar refractivity (Wildman–Crippen MR) is 522 cm³/mol. The standard InChI is InChI=1S/C15H15Cl2N.3C14H14Cl2N2.C14H13Cl2N.C13H12Cl2N2.C13H17Cl2N/c16-14-7-6-13(10-15(14)17)11-18-9-8-12-4-2-1-3-5-12;15-13-2-1-12(9-14(13)16)10-18-8-5-11-3-6-17-7-4-11;15-13-4-3-12(8-14(13)16)10-18-7-5-11-2-1-6-17-9-11;15-13-5-4-11(9-14(13)16)10-17-8-6-12-3-1-2-7-18-12;15-13-7-6-12(8-14(13)16)10-17-9-11-4-2-1-3-5-11;14-12-2-1-11(7-13(12)15)9-17-8-10-3-5-16-6-4-10;14-12-7-6-10(8-13(12)15)9-16-11-4-2-1-3-5-11/h1-7,10,18H,8-9,11H2;1-4,6-7,9,18H,5,8,10H2;1-4,6,8-9,18H,5,7,10H2;1-5,7,9,17H,6,8,10H2;1-8,17H,9-10H2;1-7,17H,8-9H2;6-8,11,16H,1-5,9H2. The summed E-state index contributed by atoms with van der Waals surface area (Å²) < 4.78 is 0. The second-order valence-electron chi connectivity index (χ2n) is 28.2. The van der Waals surface area contributed by atoms with Crippen molar-refractivity contribution in [3.8, 4) is 0 Å². The number of aromatic nitrogens is 4. The summed E-state index contributed by atoms with van der Waals surface area (Å²) in [6, 6.07) is 79.4. The molecule has 1 aliphatic rings. The summed E-state index contributed by atoms with van der Waals surface area (Å²) in [4.78, 5) is 16.3. The van der Waals surface area contributed by atoms with E-state index in [1.165, 1.54) is 65.5 Å². The largest absolute Gasteiger partial charge is 0.312 e. The Labute approximate surface area is 790 Å². The number of nitrogens with one attached hydrogen (secondary N) is 7. The van der Waals surface area contributed by atoms with Crippen molar-refractivity contribution >= 4 is 162 Å². The topological polar surface area (TPSA) is 136 Å². The first kappa shape index (κ1) is 101. The Morgan fingerprint density at radius 3 is 0.861 bits per heavy atom. The summed E-state index contributed by atoms with van der Waals surface area (Å²) in [6.07, 6.45) is 23.3. The van der Waals surface area contributed by atoms with Crippen molar-refractivity contribution in [1.82, 2.24) is 57.2 Å². The van der Waals surface area contributed by atoms with E-state index < -0.39 is 0 Å². The van der Waals surface area contributed by atoms with Crippen molar-refractivity contribution in [2.45, 2.75) is 123 Å². The smallest absolute Gasteiger partial charge is 0.0595 e. The molecule has 0 spiro atoms. The lowest BCUT2D eigenvalue weighted by Crippen LogP contribution is -2.30. The van der Waals surface area contributed by atoms with Gasteiger partial charge in [-0.05, 0) is 246 Å². The van der Waals surface area contributed by atoms with E-state index in [4.69, 9.17) is 162 Å². The Hall–Kier alpha value is -6.64. The van der Waals surface area contributed by atoms with E-state index in [9.17, 15) is 0 Å². The fourth-order valence-corrected chi connectivity index (χ4v) is 14.3. The molecule has 7 N–H and O–H groups in total. The highest BCUT2D eigenvalue weighted by molar-refractivity contribution is 6.45. The first-order valence-corrected chi connectivity index (χ1v) is 45.3. The molecule has 13 aromatic rings. The van der Waals surface area contributed by atoms with Crippen LogP contribution in [0.15, 0.2) is 286 Å². The van der Waals surface area contributed by atoms with Gasteiger partial charge in [0.2, 0.25) is 0 Å². The molecule has 0 aliphatic heterocycles. The fourth-order valence-electron chi connectivity index (χ4n) is 12.0. The van der Waals surface area contributed by atoms with Crippen LogP contribution in [0.25, 0.3) is 0 Å². The van der Waals surface area contributed by atoms with Gasteiger partial charge in [0.15, 0.2) is 0 Å². The lowest BCUT2D eigenvalue weighted by atomic mass is 9.95. The Balaban J connectivity index is 0.000000177. The van der Waals surface area contributed by atoms with Gasteiger partial charge in [0.25, 0.3) is 0 Å². The minimum absolute atomic E-state index is 0.588. The van der Waals surface area contributed by atoms with Crippen LogP contribution in [0.1, 0.15) is 105 Å². The number of benzene rings is 9. The van der Waals surface area contributed by atoms with Gasteiger partial charge >= 0.3 is 0 Å². The zero-order valence-corrected chi connectivity index (χ0v) is 77.9. The lowest BCUT2D eigenvalue weighted by molar-refractivity contribution is 0.372. The first-order chi connectivity index (χ1) is 59.3. The van der Waals surface area contributed by atoms with Gasteiger partial charge < -0.3 is 37.2 Å². The monoisotopic (exact) mass is 1910 g/mol. The molecule has 4 heterocycles. The van der Waals surface area contributed by atoms with Gasteiger partial charge in [0.1, 0.15) is 0 Å². The number of hydrogen-bond acceptors (Lipinski definition) is 11. The molecule has 25 heteroatoms. The molecule has 1 aliphatic carbocycles. The summed E-state index contributed by atoms with van der Waals surface area (Å²) in [5, 5.41) is 32.2. The van der Waals surface area contributed by atoms with E-state index >= 15 is 0 Å². The minimum atomic E-state index is 0.588. The number of hydrogen-bond donors (Lipinski definition) is 7. The maximum absolute atomic E-state index is 5.98. The quantitative estimate of drug-likeness (QED) is 0.0209. The third-order valence-corrected chi connectivity index (χ3v) is 23.9. The highest BCUT2D eigenvalue weighted by atomic mass is 35.5. The summed E-state index contributed by atoms with van der Waals surface area (Å²) in [5.74, 6) is 0. The maximum atomic E-state index is 5.98. The van der Waals surface area contributed by atoms with Crippen LogP contribution in [-0.2, 0) is 84.6 Å². The third kappa shape index (κ3) is 41.7. The number of halogens is 14. The Bertz CT molecular complexity index is 4620. The van der Waals surface area contributed by atoms with Crippen LogP contribution in [0.3, 0.4) is 0 Å². The van der Waals surface area contributed by atoms with E-state index in [0.717, 1.165) is 150 Å². The molecule has 0 unspecified atom stereocenters. The normalized spacial score (nSPS) is 11.5. The molecular weight excluding hydrogens is 1820 g/mol. The zero-order valence-electron chi connectivity index (χ0n) is 67.3.